The average molecular weight is 304 g/mol. The molecular weight excluding hydrogens is 279 g/mol. The average Bonchev–Trinajstić information content (AvgIpc) is 2.25. The van der Waals surface area contributed by atoms with Crippen LogP contribution >= 0.6 is 0 Å². The number of ether oxygens (including phenoxy) is 1. The summed E-state index contributed by atoms with van der Waals surface area (Å²) >= 11 is 0. The first-order valence-electron chi connectivity index (χ1n) is 5.33. The Hall–Kier alpha value is 0.944. The molecule has 1 aliphatic rings. The van der Waals surface area contributed by atoms with Crippen molar-refractivity contribution in [1.82, 2.24) is 15.1 Å². The van der Waals surface area contributed by atoms with E-state index in [9.17, 15) is 0 Å². The summed E-state index contributed by atoms with van der Waals surface area (Å²) in [7, 11) is 2.00. The molecule has 1 aliphatic heterocycles. The molecule has 5 heteroatoms. The number of rotatable bonds is 6. The van der Waals surface area contributed by atoms with Crippen LogP contribution < -0.4 is 5.32 Å². The molecule has 1 saturated heterocycles. The van der Waals surface area contributed by atoms with Gasteiger partial charge in [-0.1, -0.05) is 6.61 Å². The summed E-state index contributed by atoms with van der Waals surface area (Å²) in [6, 6.07) is 0. The molecule has 0 atom stereocenters. The van der Waals surface area contributed by atoms with Crippen LogP contribution in [0.4, 0.5) is 0 Å². The van der Waals surface area contributed by atoms with Gasteiger partial charge in [0.2, 0.25) is 0 Å². The van der Waals surface area contributed by atoms with Crippen molar-refractivity contribution in [3.63, 3.8) is 0 Å². The molecule has 0 aromatic rings. The van der Waals surface area contributed by atoms with Gasteiger partial charge in [0.1, 0.15) is 0 Å². The zero-order valence-corrected chi connectivity index (χ0v) is 13.6. The second-order valence-electron chi connectivity index (χ2n) is 3.60. The molecule has 1 fully saturated rings. The first-order chi connectivity index (χ1) is 6.86. The van der Waals surface area contributed by atoms with Crippen LogP contribution in [0.3, 0.4) is 0 Å². The van der Waals surface area contributed by atoms with Gasteiger partial charge in [-0.05, 0) is 7.05 Å². The number of nitrogens with zero attached hydrogens (tertiary/aromatic N) is 2. The summed E-state index contributed by atoms with van der Waals surface area (Å²) in [6.45, 7) is 11.7. The van der Waals surface area contributed by atoms with Crippen molar-refractivity contribution in [2.75, 3.05) is 59.7 Å². The molecule has 0 amide bonds. The third kappa shape index (κ3) is 8.10. The second-order valence-corrected chi connectivity index (χ2v) is 3.60. The van der Waals surface area contributed by atoms with Crippen molar-refractivity contribution < 1.29 is 37.4 Å². The van der Waals surface area contributed by atoms with Crippen LogP contribution in [0.1, 0.15) is 0 Å². The van der Waals surface area contributed by atoms with E-state index in [1.54, 1.807) is 0 Å². The standard InChI is InChI=1S/C10H22N3O.CH3.Y/c1-3-14-10-13-8-6-12(7-9-13)5-4-11-2;;/h11H,1,3-10H2,2H3;1H3;/q2*-1;. The molecule has 1 N–H and O–H groups in total. The van der Waals surface area contributed by atoms with Crippen molar-refractivity contribution in [3.05, 3.63) is 14.4 Å². The van der Waals surface area contributed by atoms with Crippen molar-refractivity contribution in [2.24, 2.45) is 0 Å². The maximum Gasteiger partial charge on any atom is 0.0955 e. The number of piperazine rings is 1. The molecule has 0 bridgehead atoms. The van der Waals surface area contributed by atoms with Crippen LogP contribution in [0.15, 0.2) is 0 Å². The Labute approximate surface area is 126 Å². The van der Waals surface area contributed by atoms with Gasteiger partial charge in [0.15, 0.2) is 0 Å². The van der Waals surface area contributed by atoms with Crippen LogP contribution in [0.2, 0.25) is 0 Å². The molecule has 0 aromatic heterocycles. The van der Waals surface area contributed by atoms with Crippen LogP contribution in [0.5, 0.6) is 0 Å². The molecule has 95 valence electrons. The Balaban J connectivity index is 0. The molecule has 1 heterocycles. The van der Waals surface area contributed by atoms with Crippen LogP contribution in [0.25, 0.3) is 0 Å². The second kappa shape index (κ2) is 12.4. The summed E-state index contributed by atoms with van der Waals surface area (Å²) in [5.41, 5.74) is 0. The van der Waals surface area contributed by atoms with Crippen molar-refractivity contribution in [1.29, 1.82) is 0 Å². The fourth-order valence-corrected chi connectivity index (χ4v) is 1.61. The molecule has 0 saturated carbocycles. The van der Waals surface area contributed by atoms with E-state index >= 15 is 0 Å². The van der Waals surface area contributed by atoms with Crippen LogP contribution in [-0.2, 0) is 37.4 Å². The smallest absolute Gasteiger partial charge is 0.0955 e. The Morgan fingerprint density at radius 2 is 1.75 bits per heavy atom. The quantitative estimate of drug-likeness (QED) is 0.704. The van der Waals surface area contributed by atoms with E-state index in [-0.39, 0.29) is 40.1 Å². The molecule has 0 spiro atoms. The molecule has 4 nitrogen and oxygen atoms in total. The minimum Gasteiger partial charge on any atom is -0.398 e. The largest absolute Gasteiger partial charge is 0.398 e. The maximum absolute atomic E-state index is 5.27. The van der Waals surface area contributed by atoms with Gasteiger partial charge in [0.25, 0.3) is 0 Å². The number of hydrogen-bond acceptors (Lipinski definition) is 4. The Morgan fingerprint density at radius 3 is 2.25 bits per heavy atom. The van der Waals surface area contributed by atoms with E-state index in [0.29, 0.717) is 6.61 Å². The molecule has 16 heavy (non-hydrogen) atoms. The van der Waals surface area contributed by atoms with Gasteiger partial charge >= 0.3 is 0 Å². The maximum atomic E-state index is 5.27. The van der Waals surface area contributed by atoms with Crippen LogP contribution in [-0.4, -0.2) is 69.5 Å². The van der Waals surface area contributed by atoms with E-state index in [1.807, 2.05) is 7.05 Å². The Bertz CT molecular complexity index is 125. The fourth-order valence-electron chi connectivity index (χ4n) is 1.61. The number of likely N-dealkylation sites (N-methyl/N-ethyl adjacent to an activating group) is 1. The van der Waals surface area contributed by atoms with E-state index in [1.165, 1.54) is 0 Å². The molecule has 1 radical (unpaired) electrons. The van der Waals surface area contributed by atoms with E-state index in [0.717, 1.165) is 46.0 Å². The third-order valence-corrected chi connectivity index (χ3v) is 2.56. The zero-order valence-electron chi connectivity index (χ0n) is 10.7. The topological polar surface area (TPSA) is 27.7 Å². The normalized spacial score (nSPS) is 17.6. The summed E-state index contributed by atoms with van der Waals surface area (Å²) in [5, 5.41) is 3.17. The van der Waals surface area contributed by atoms with E-state index in [4.69, 9.17) is 4.74 Å². The SMILES string of the molecule is [CH2-]COCN1CCN(CCNC)CC1.[CH3-].[Y]. The monoisotopic (exact) mass is 304 g/mol. The molecule has 1 rings (SSSR count). The van der Waals surface area contributed by atoms with Gasteiger partial charge in [-0.3, -0.25) is 9.80 Å². The van der Waals surface area contributed by atoms with Crippen LogP contribution in [0, 0.1) is 14.4 Å². The van der Waals surface area contributed by atoms with Crippen molar-refractivity contribution >= 4 is 0 Å². The van der Waals surface area contributed by atoms with Gasteiger partial charge in [0.05, 0.1) is 6.73 Å². The van der Waals surface area contributed by atoms with Crippen molar-refractivity contribution in [2.45, 2.75) is 0 Å². The first-order valence-corrected chi connectivity index (χ1v) is 5.33. The fraction of sp³-hybridized carbons (Fsp3) is 0.818. The first kappa shape index (κ1) is 19.3. The molecule has 0 aromatic carbocycles. The summed E-state index contributed by atoms with van der Waals surface area (Å²) in [6.07, 6.45) is 0. The molecular formula is C11H25N3OY-2. The Morgan fingerprint density at radius 1 is 1.19 bits per heavy atom. The van der Waals surface area contributed by atoms with Crippen molar-refractivity contribution in [3.8, 4) is 0 Å². The Kier molecular flexibility index (Phi) is 15.0. The van der Waals surface area contributed by atoms with Gasteiger partial charge in [0, 0.05) is 72.0 Å². The summed E-state index contributed by atoms with van der Waals surface area (Å²) < 4.78 is 5.27. The summed E-state index contributed by atoms with van der Waals surface area (Å²) in [5.74, 6) is 0. The van der Waals surface area contributed by atoms with Gasteiger partial charge in [-0.15, -0.1) is 0 Å². The summed E-state index contributed by atoms with van der Waals surface area (Å²) in [4.78, 5) is 4.82. The minimum absolute atomic E-state index is 0. The zero-order chi connectivity index (χ0) is 10.2. The van der Waals surface area contributed by atoms with Gasteiger partial charge < -0.3 is 24.4 Å². The predicted octanol–water partition coefficient (Wildman–Crippen LogP) is 0.0794. The molecule has 0 unspecified atom stereocenters. The number of hydrogen-bond donors (Lipinski definition) is 1. The third-order valence-electron chi connectivity index (χ3n) is 2.56. The number of nitrogens with one attached hydrogen (secondary N) is 1. The van der Waals surface area contributed by atoms with Gasteiger partial charge in [-0.25, -0.2) is 0 Å². The van der Waals surface area contributed by atoms with E-state index < -0.39 is 0 Å². The molecule has 0 aliphatic carbocycles. The van der Waals surface area contributed by atoms with Gasteiger partial charge in [-0.2, -0.15) is 0 Å². The predicted molar refractivity (Wildman–Crippen MR) is 64.5 cm³/mol. The minimum atomic E-state index is 0. The van der Waals surface area contributed by atoms with E-state index in [2.05, 4.69) is 22.0 Å².